The summed E-state index contributed by atoms with van der Waals surface area (Å²) < 4.78 is 34.3. The first-order valence-electron chi connectivity index (χ1n) is 8.40. The van der Waals surface area contributed by atoms with E-state index in [0.717, 1.165) is 64.2 Å². The average Bonchev–Trinajstić information content (AvgIpc) is 2.49. The highest BCUT2D eigenvalue weighted by atomic mass is 31.1. The average molecular weight is 320 g/mol. The Morgan fingerprint density at radius 3 is 1.81 bits per heavy atom. The summed E-state index contributed by atoms with van der Waals surface area (Å²) in [6.07, 6.45) is 9.93. The van der Waals surface area contributed by atoms with Crippen molar-refractivity contribution >= 4 is 13.9 Å². The Morgan fingerprint density at radius 1 is 1.00 bits per heavy atom. The second kappa shape index (κ2) is 7.85. The first-order valence-corrected chi connectivity index (χ1v) is 9.89. The molecule has 122 valence electrons. The summed E-state index contributed by atoms with van der Waals surface area (Å²) in [5.74, 6) is -1.27. The molecule has 2 saturated carbocycles. The van der Waals surface area contributed by atoms with Gasteiger partial charge in [-0.25, -0.2) is 4.79 Å². The highest BCUT2D eigenvalue weighted by molar-refractivity contribution is 7.61. The predicted octanol–water partition coefficient (Wildman–Crippen LogP) is 5.29. The molecule has 0 bridgehead atoms. The molecule has 2 aliphatic carbocycles. The van der Waals surface area contributed by atoms with Gasteiger partial charge in [0.15, 0.2) is 0 Å². The Labute approximate surface area is 127 Å². The number of carbonyl (C=O) groups excluding carboxylic acids is 1. The van der Waals surface area contributed by atoms with Gasteiger partial charge in [-0.05, 0) is 51.8 Å². The van der Waals surface area contributed by atoms with Gasteiger partial charge in [-0.1, -0.05) is 38.5 Å². The third-order valence-electron chi connectivity index (χ3n) is 4.78. The van der Waals surface area contributed by atoms with Crippen LogP contribution in [0, 0.1) is 0 Å². The monoisotopic (exact) mass is 320 g/mol. The molecule has 0 N–H and O–H groups in total. The zero-order valence-electron chi connectivity index (χ0n) is 13.0. The van der Waals surface area contributed by atoms with Crippen molar-refractivity contribution in [3.05, 3.63) is 0 Å². The van der Waals surface area contributed by atoms with Gasteiger partial charge in [0.25, 0.3) is 0 Å². The molecule has 0 saturated heterocycles. The topological polar surface area (TPSA) is 26.3 Å². The van der Waals surface area contributed by atoms with Crippen LogP contribution in [0.5, 0.6) is 0 Å². The summed E-state index contributed by atoms with van der Waals surface area (Å²) in [6.45, 7) is 1.63. The number of rotatable bonds is 5. The van der Waals surface area contributed by atoms with Crippen LogP contribution in [0.15, 0.2) is 0 Å². The molecule has 2 nitrogen and oxygen atoms in total. The molecular formula is C16H27F2O2P. The highest BCUT2D eigenvalue weighted by Crippen LogP contribution is 2.65. The summed E-state index contributed by atoms with van der Waals surface area (Å²) in [5, 5.41) is 0. The number of carbonyl (C=O) groups is 1. The molecule has 0 radical (unpaired) electrons. The second-order valence-corrected chi connectivity index (χ2v) is 9.09. The lowest BCUT2D eigenvalue weighted by Gasteiger charge is -2.41. The Kier molecular flexibility index (Phi) is 6.40. The molecule has 0 aliphatic heterocycles. The van der Waals surface area contributed by atoms with Gasteiger partial charge in [0, 0.05) is 0 Å². The first kappa shape index (κ1) is 17.1. The van der Waals surface area contributed by atoms with Crippen molar-refractivity contribution in [1.29, 1.82) is 0 Å². The van der Waals surface area contributed by atoms with E-state index in [-0.39, 0.29) is 17.9 Å². The molecule has 0 amide bonds. The number of hydrogen-bond donors (Lipinski definition) is 0. The highest BCUT2D eigenvalue weighted by Gasteiger charge is 2.54. The molecule has 0 heterocycles. The lowest BCUT2D eigenvalue weighted by atomic mass is 9.99. The van der Waals surface area contributed by atoms with Crippen LogP contribution in [0.3, 0.4) is 0 Å². The maximum atomic E-state index is 14.8. The first-order chi connectivity index (χ1) is 10.1. The maximum Gasteiger partial charge on any atom is 0.381 e. The normalized spacial score (nSPS) is 22.5. The minimum atomic E-state index is -3.25. The van der Waals surface area contributed by atoms with E-state index in [1.807, 2.05) is 0 Å². The fraction of sp³-hybridized carbons (Fsp3) is 0.938. The molecule has 21 heavy (non-hydrogen) atoms. The van der Waals surface area contributed by atoms with Crippen molar-refractivity contribution in [1.82, 2.24) is 0 Å². The van der Waals surface area contributed by atoms with Gasteiger partial charge in [0.1, 0.15) is 0 Å². The van der Waals surface area contributed by atoms with E-state index in [9.17, 15) is 13.6 Å². The lowest BCUT2D eigenvalue weighted by Crippen LogP contribution is -2.37. The summed E-state index contributed by atoms with van der Waals surface area (Å²) in [6, 6.07) is 0. The van der Waals surface area contributed by atoms with E-state index < -0.39 is 19.6 Å². The summed E-state index contributed by atoms with van der Waals surface area (Å²) in [4.78, 5) is 11.8. The van der Waals surface area contributed by atoms with Crippen LogP contribution in [0.1, 0.15) is 71.1 Å². The van der Waals surface area contributed by atoms with Crippen molar-refractivity contribution in [2.24, 2.45) is 0 Å². The fourth-order valence-electron chi connectivity index (χ4n) is 3.80. The summed E-state index contributed by atoms with van der Waals surface area (Å²) >= 11 is 0. The standard InChI is InChI=1S/C16H27F2O2P/c1-2-20-15(19)16(17,18)21(13-9-5-3-6-10-13)14-11-7-4-8-12-14/h13-14H,2-12H2,1H3. The van der Waals surface area contributed by atoms with Gasteiger partial charge < -0.3 is 4.74 Å². The van der Waals surface area contributed by atoms with Gasteiger partial charge in [0.05, 0.1) is 6.61 Å². The Morgan fingerprint density at radius 2 is 1.43 bits per heavy atom. The molecule has 0 aromatic heterocycles. The molecule has 2 fully saturated rings. The lowest BCUT2D eigenvalue weighted by molar-refractivity contribution is -0.160. The van der Waals surface area contributed by atoms with Crippen molar-refractivity contribution < 1.29 is 18.3 Å². The summed E-state index contributed by atoms with van der Waals surface area (Å²) in [5.41, 5.74) is -3.15. The van der Waals surface area contributed by atoms with Gasteiger partial charge in [-0.2, -0.15) is 8.78 Å². The van der Waals surface area contributed by atoms with Crippen molar-refractivity contribution in [2.75, 3.05) is 6.61 Å². The third kappa shape index (κ3) is 4.15. The van der Waals surface area contributed by atoms with E-state index in [2.05, 4.69) is 0 Å². The number of alkyl halides is 2. The van der Waals surface area contributed by atoms with Crippen LogP contribution in [0.2, 0.25) is 0 Å². The maximum absolute atomic E-state index is 14.8. The molecule has 0 aromatic carbocycles. The molecule has 0 aromatic rings. The zero-order chi connectivity index (χ0) is 15.3. The number of hydrogen-bond acceptors (Lipinski definition) is 2. The van der Waals surface area contributed by atoms with Gasteiger partial charge in [-0.15, -0.1) is 0 Å². The van der Waals surface area contributed by atoms with E-state index in [1.54, 1.807) is 6.92 Å². The van der Waals surface area contributed by atoms with E-state index in [1.165, 1.54) is 0 Å². The molecule has 2 aliphatic rings. The quantitative estimate of drug-likeness (QED) is 0.508. The molecule has 0 unspecified atom stereocenters. The number of esters is 1. The summed E-state index contributed by atoms with van der Waals surface area (Å²) in [7, 11) is -1.60. The third-order valence-corrected chi connectivity index (χ3v) is 8.22. The van der Waals surface area contributed by atoms with Gasteiger partial charge >= 0.3 is 11.6 Å². The number of halogens is 2. The molecular weight excluding hydrogens is 293 g/mol. The minimum absolute atomic E-state index is 0.0347. The largest absolute Gasteiger partial charge is 0.461 e. The van der Waals surface area contributed by atoms with Gasteiger partial charge in [0.2, 0.25) is 0 Å². The van der Waals surface area contributed by atoms with E-state index in [4.69, 9.17) is 4.74 Å². The Hall–Kier alpha value is -0.240. The molecule has 2 rings (SSSR count). The van der Waals surface area contributed by atoms with Gasteiger partial charge in [-0.3, -0.25) is 0 Å². The minimum Gasteiger partial charge on any atom is -0.461 e. The van der Waals surface area contributed by atoms with Crippen LogP contribution in [0.4, 0.5) is 8.78 Å². The van der Waals surface area contributed by atoms with Crippen molar-refractivity contribution in [3.63, 3.8) is 0 Å². The number of ether oxygens (including phenoxy) is 1. The Balaban J connectivity index is 2.18. The molecule has 0 atom stereocenters. The van der Waals surface area contributed by atoms with E-state index in [0.29, 0.717) is 0 Å². The SMILES string of the molecule is CCOC(=O)C(F)(F)P(C1CCCCC1)C1CCCCC1. The predicted molar refractivity (Wildman–Crippen MR) is 82.2 cm³/mol. The fourth-order valence-corrected chi connectivity index (χ4v) is 7.43. The van der Waals surface area contributed by atoms with Crippen LogP contribution < -0.4 is 0 Å². The smallest absolute Gasteiger partial charge is 0.381 e. The van der Waals surface area contributed by atoms with Crippen molar-refractivity contribution in [3.8, 4) is 0 Å². The second-order valence-electron chi connectivity index (χ2n) is 6.25. The van der Waals surface area contributed by atoms with Crippen LogP contribution in [-0.2, 0) is 9.53 Å². The van der Waals surface area contributed by atoms with Crippen molar-refractivity contribution in [2.45, 2.75) is 88.1 Å². The van der Waals surface area contributed by atoms with Crippen LogP contribution >= 0.6 is 7.92 Å². The Bertz CT molecular complexity index is 319. The van der Waals surface area contributed by atoms with Crippen LogP contribution in [0.25, 0.3) is 0 Å². The molecule has 5 heteroatoms. The van der Waals surface area contributed by atoms with Crippen LogP contribution in [-0.4, -0.2) is 29.6 Å². The van der Waals surface area contributed by atoms with E-state index >= 15 is 0 Å². The zero-order valence-corrected chi connectivity index (χ0v) is 13.8. The molecule has 0 spiro atoms.